The van der Waals surface area contributed by atoms with Crippen LogP contribution in [0.25, 0.3) is 0 Å². The molecule has 1 saturated heterocycles. The molecule has 24 heavy (non-hydrogen) atoms. The Kier molecular flexibility index (Phi) is 5.87. The topological polar surface area (TPSA) is 71.3 Å². The number of nitrogens with one attached hydrogen (secondary N) is 1. The Morgan fingerprint density at radius 2 is 2.08 bits per heavy atom. The molecule has 1 aromatic heterocycles. The van der Waals surface area contributed by atoms with Gasteiger partial charge in [0.2, 0.25) is 11.8 Å². The number of carbonyl (C=O) groups excluding carboxylic acids is 1. The first-order valence-electron chi connectivity index (χ1n) is 9.47. The molecule has 1 saturated carbocycles. The highest BCUT2D eigenvalue weighted by molar-refractivity contribution is 5.73. The fraction of sp³-hybridized carbons (Fsp3) is 0.833. The van der Waals surface area contributed by atoms with E-state index < -0.39 is 0 Å². The predicted molar refractivity (Wildman–Crippen MR) is 91.7 cm³/mol. The van der Waals surface area contributed by atoms with E-state index >= 15 is 0 Å². The van der Waals surface area contributed by atoms with E-state index in [0.717, 1.165) is 69.9 Å². The standard InChI is InChI=1S/C18H30N4O2/c1-3-17-20-18(24-21-17)15-6-8-16(9-7-15)19-11-14-5-4-10-22(12-14)13(2)23/h14-16,19H,3-12H2,1-2H3. The molecular weight excluding hydrogens is 304 g/mol. The van der Waals surface area contributed by atoms with Crippen LogP contribution >= 0.6 is 0 Å². The molecule has 1 amide bonds. The number of hydrogen-bond acceptors (Lipinski definition) is 5. The van der Waals surface area contributed by atoms with Gasteiger partial charge in [-0.15, -0.1) is 0 Å². The molecule has 134 valence electrons. The van der Waals surface area contributed by atoms with Gasteiger partial charge in [-0.25, -0.2) is 0 Å². The maximum absolute atomic E-state index is 11.5. The maximum Gasteiger partial charge on any atom is 0.229 e. The molecule has 6 nitrogen and oxygen atoms in total. The lowest BCUT2D eigenvalue weighted by atomic mass is 9.85. The van der Waals surface area contributed by atoms with Gasteiger partial charge in [0.1, 0.15) is 0 Å². The van der Waals surface area contributed by atoms with Crippen LogP contribution < -0.4 is 5.32 Å². The van der Waals surface area contributed by atoms with E-state index in [2.05, 4.69) is 15.5 Å². The first-order chi connectivity index (χ1) is 11.7. The molecule has 2 fully saturated rings. The molecule has 1 N–H and O–H groups in total. The van der Waals surface area contributed by atoms with Gasteiger partial charge >= 0.3 is 0 Å². The number of hydrogen-bond donors (Lipinski definition) is 1. The van der Waals surface area contributed by atoms with Gasteiger partial charge in [-0.05, 0) is 51.0 Å². The Morgan fingerprint density at radius 1 is 1.29 bits per heavy atom. The molecule has 1 aromatic rings. The molecule has 2 heterocycles. The molecule has 1 aliphatic heterocycles. The average molecular weight is 334 g/mol. The summed E-state index contributed by atoms with van der Waals surface area (Å²) in [5, 5.41) is 7.75. The van der Waals surface area contributed by atoms with Crippen LogP contribution in [-0.2, 0) is 11.2 Å². The molecule has 2 aliphatic rings. The normalized spacial score (nSPS) is 28.1. The summed E-state index contributed by atoms with van der Waals surface area (Å²) in [6.07, 6.45) is 7.76. The third-order valence-corrected chi connectivity index (χ3v) is 5.54. The fourth-order valence-electron chi connectivity index (χ4n) is 3.97. The van der Waals surface area contributed by atoms with Crippen LogP contribution in [-0.4, -0.2) is 46.6 Å². The summed E-state index contributed by atoms with van der Waals surface area (Å²) in [5.74, 6) is 2.89. The number of aromatic nitrogens is 2. The lowest BCUT2D eigenvalue weighted by molar-refractivity contribution is -0.130. The minimum atomic E-state index is 0.214. The first-order valence-corrected chi connectivity index (χ1v) is 9.47. The van der Waals surface area contributed by atoms with E-state index in [0.29, 0.717) is 17.9 Å². The molecule has 1 unspecified atom stereocenters. The van der Waals surface area contributed by atoms with Crippen molar-refractivity contribution < 1.29 is 9.32 Å². The van der Waals surface area contributed by atoms with Crippen LogP contribution in [0.3, 0.4) is 0 Å². The Balaban J connectivity index is 1.40. The van der Waals surface area contributed by atoms with Crippen LogP contribution in [0.4, 0.5) is 0 Å². The number of likely N-dealkylation sites (tertiary alicyclic amines) is 1. The third-order valence-electron chi connectivity index (χ3n) is 5.54. The van der Waals surface area contributed by atoms with E-state index in [1.807, 2.05) is 11.8 Å². The summed E-state index contributed by atoms with van der Waals surface area (Å²) in [6, 6.07) is 0.586. The van der Waals surface area contributed by atoms with Gasteiger partial charge in [-0.1, -0.05) is 12.1 Å². The molecule has 1 aliphatic carbocycles. The van der Waals surface area contributed by atoms with Crippen molar-refractivity contribution in [1.82, 2.24) is 20.4 Å². The van der Waals surface area contributed by atoms with E-state index in [1.165, 1.54) is 6.42 Å². The molecule has 3 rings (SSSR count). The zero-order valence-corrected chi connectivity index (χ0v) is 15.0. The van der Waals surface area contributed by atoms with Gasteiger partial charge in [0.25, 0.3) is 0 Å². The third kappa shape index (κ3) is 4.35. The zero-order chi connectivity index (χ0) is 16.9. The van der Waals surface area contributed by atoms with Crippen LogP contribution in [0, 0.1) is 5.92 Å². The lowest BCUT2D eigenvalue weighted by Gasteiger charge is -2.34. The molecular formula is C18H30N4O2. The van der Waals surface area contributed by atoms with Crippen LogP contribution in [0.15, 0.2) is 4.52 Å². The van der Waals surface area contributed by atoms with Crippen LogP contribution in [0.2, 0.25) is 0 Å². The van der Waals surface area contributed by atoms with E-state index in [9.17, 15) is 4.79 Å². The van der Waals surface area contributed by atoms with Crippen molar-refractivity contribution in [2.45, 2.75) is 70.8 Å². The molecule has 0 radical (unpaired) electrons. The smallest absolute Gasteiger partial charge is 0.229 e. The molecule has 6 heteroatoms. The van der Waals surface area contributed by atoms with E-state index in [1.54, 1.807) is 6.92 Å². The summed E-state index contributed by atoms with van der Waals surface area (Å²) in [5.41, 5.74) is 0. The second-order valence-corrected chi connectivity index (χ2v) is 7.33. The average Bonchev–Trinajstić information content (AvgIpc) is 3.10. The Hall–Kier alpha value is -1.43. The molecule has 0 aromatic carbocycles. The quantitative estimate of drug-likeness (QED) is 0.896. The van der Waals surface area contributed by atoms with Crippen molar-refractivity contribution in [2.24, 2.45) is 5.92 Å². The fourth-order valence-corrected chi connectivity index (χ4v) is 3.97. The van der Waals surface area contributed by atoms with Crippen molar-refractivity contribution in [3.63, 3.8) is 0 Å². The highest BCUT2D eigenvalue weighted by atomic mass is 16.5. The minimum Gasteiger partial charge on any atom is -0.343 e. The predicted octanol–water partition coefficient (Wildman–Crippen LogP) is 2.51. The number of aryl methyl sites for hydroxylation is 1. The Bertz CT molecular complexity index is 537. The SMILES string of the molecule is CCc1noc(C2CCC(NCC3CCCN(C(C)=O)C3)CC2)n1. The lowest BCUT2D eigenvalue weighted by Crippen LogP contribution is -2.44. The van der Waals surface area contributed by atoms with Crippen molar-refractivity contribution in [3.8, 4) is 0 Å². The highest BCUT2D eigenvalue weighted by Gasteiger charge is 2.27. The monoisotopic (exact) mass is 334 g/mol. The van der Waals surface area contributed by atoms with Crippen molar-refractivity contribution in [2.75, 3.05) is 19.6 Å². The Labute approximate surface area is 144 Å². The van der Waals surface area contributed by atoms with Crippen LogP contribution in [0.1, 0.15) is 70.0 Å². The van der Waals surface area contributed by atoms with Gasteiger partial charge in [0.05, 0.1) is 0 Å². The number of nitrogens with zero attached hydrogens (tertiary/aromatic N) is 3. The van der Waals surface area contributed by atoms with Gasteiger partial charge in [0, 0.05) is 38.4 Å². The van der Waals surface area contributed by atoms with Gasteiger partial charge in [0.15, 0.2) is 5.82 Å². The summed E-state index contributed by atoms with van der Waals surface area (Å²) in [7, 11) is 0. The summed E-state index contributed by atoms with van der Waals surface area (Å²) >= 11 is 0. The second kappa shape index (κ2) is 8.10. The molecule has 1 atom stereocenters. The largest absolute Gasteiger partial charge is 0.343 e. The van der Waals surface area contributed by atoms with Crippen LogP contribution in [0.5, 0.6) is 0 Å². The number of rotatable bonds is 5. The second-order valence-electron chi connectivity index (χ2n) is 7.33. The number of carbonyl (C=O) groups is 1. The summed E-state index contributed by atoms with van der Waals surface area (Å²) < 4.78 is 5.40. The van der Waals surface area contributed by atoms with Crippen molar-refractivity contribution >= 4 is 5.91 Å². The zero-order valence-electron chi connectivity index (χ0n) is 15.0. The molecule has 0 bridgehead atoms. The van der Waals surface area contributed by atoms with E-state index in [4.69, 9.17) is 4.52 Å². The van der Waals surface area contributed by atoms with Crippen molar-refractivity contribution in [1.29, 1.82) is 0 Å². The number of amides is 1. The minimum absolute atomic E-state index is 0.214. The van der Waals surface area contributed by atoms with E-state index in [-0.39, 0.29) is 5.91 Å². The first kappa shape index (κ1) is 17.4. The van der Waals surface area contributed by atoms with Crippen molar-refractivity contribution in [3.05, 3.63) is 11.7 Å². The maximum atomic E-state index is 11.5. The summed E-state index contributed by atoms with van der Waals surface area (Å²) in [4.78, 5) is 18.0. The van der Waals surface area contributed by atoms with Gasteiger partial charge < -0.3 is 14.7 Å². The summed E-state index contributed by atoms with van der Waals surface area (Å²) in [6.45, 7) is 6.60. The Morgan fingerprint density at radius 3 is 2.75 bits per heavy atom. The highest BCUT2D eigenvalue weighted by Crippen LogP contribution is 2.32. The van der Waals surface area contributed by atoms with Gasteiger partial charge in [-0.3, -0.25) is 4.79 Å². The molecule has 0 spiro atoms. The van der Waals surface area contributed by atoms with Gasteiger partial charge in [-0.2, -0.15) is 4.98 Å². The number of piperidine rings is 1.